The fourth-order valence-electron chi connectivity index (χ4n) is 2.44. The summed E-state index contributed by atoms with van der Waals surface area (Å²) < 4.78 is 31.5. The van der Waals surface area contributed by atoms with E-state index in [-0.39, 0.29) is 21.8 Å². The van der Waals surface area contributed by atoms with Gasteiger partial charge >= 0.3 is 0 Å². The number of carbonyl (C=O) groups is 1. The second-order valence-electron chi connectivity index (χ2n) is 5.46. The van der Waals surface area contributed by atoms with Gasteiger partial charge in [-0.15, -0.1) is 0 Å². The highest BCUT2D eigenvalue weighted by Crippen LogP contribution is 2.34. The molecule has 3 N–H and O–H groups in total. The Hall–Kier alpha value is -2.20. The van der Waals surface area contributed by atoms with Crippen molar-refractivity contribution in [3.05, 3.63) is 51.5 Å². The molecule has 0 radical (unpaired) electrons. The Labute approximate surface area is 170 Å². The number of hydroxylamine groups is 1. The average molecular weight is 460 g/mol. The summed E-state index contributed by atoms with van der Waals surface area (Å²) >= 11 is 9.47. The molecule has 7 nitrogen and oxygen atoms in total. The highest BCUT2D eigenvalue weighted by atomic mass is 79.9. The number of aliphatic hydroxyl groups is 1. The Morgan fingerprint density at radius 1 is 1.52 bits per heavy atom. The van der Waals surface area contributed by atoms with Crippen LogP contribution in [0.1, 0.15) is 13.1 Å². The standard InChI is InChI=1S/C17H15BrClFN4O3/c1-24-8-21-16-13(24)7-10(17(26)23-27-5-4-25)15(14(16)20)22-12-3-2-9(18)6-11(12)19/h2-3,6-8,22,25H,4-5H2,1H3,(H,23,26)/i4D2. The molecule has 10 heteroatoms. The predicted molar refractivity (Wildman–Crippen MR) is 104 cm³/mol. The van der Waals surface area contributed by atoms with E-state index in [4.69, 9.17) is 24.3 Å². The van der Waals surface area contributed by atoms with Crippen molar-refractivity contribution in [2.45, 2.75) is 0 Å². The zero-order valence-electron chi connectivity index (χ0n) is 15.9. The molecule has 2 aromatic carbocycles. The molecule has 3 aromatic rings. The van der Waals surface area contributed by atoms with Crippen LogP contribution in [0.3, 0.4) is 0 Å². The summed E-state index contributed by atoms with van der Waals surface area (Å²) in [5.74, 6) is -1.63. The van der Waals surface area contributed by atoms with Crippen LogP contribution in [0, 0.1) is 5.82 Å². The van der Waals surface area contributed by atoms with Crippen molar-refractivity contribution < 1.29 is 21.9 Å². The van der Waals surface area contributed by atoms with Crippen LogP contribution in [0.2, 0.25) is 5.02 Å². The number of anilines is 2. The van der Waals surface area contributed by atoms with Crippen molar-refractivity contribution in [1.29, 1.82) is 0 Å². The van der Waals surface area contributed by atoms with E-state index >= 15 is 4.39 Å². The van der Waals surface area contributed by atoms with Gasteiger partial charge in [0.1, 0.15) is 5.52 Å². The molecule has 0 fully saturated rings. The molecule has 142 valence electrons. The number of aromatic nitrogens is 2. The zero-order valence-corrected chi connectivity index (χ0v) is 16.2. The molecule has 0 aliphatic rings. The largest absolute Gasteiger partial charge is 0.394 e. The molecule has 3 rings (SSSR count). The molecule has 0 atom stereocenters. The number of hydrogen-bond donors (Lipinski definition) is 3. The van der Waals surface area contributed by atoms with Crippen LogP contribution in [0.5, 0.6) is 0 Å². The first-order valence-electron chi connectivity index (χ1n) is 8.57. The third kappa shape index (κ3) is 4.06. The maximum Gasteiger partial charge on any atom is 0.277 e. The average Bonchev–Trinajstić information content (AvgIpc) is 2.99. The minimum absolute atomic E-state index is 0.0485. The highest BCUT2D eigenvalue weighted by molar-refractivity contribution is 9.10. The molecule has 27 heavy (non-hydrogen) atoms. The second kappa shape index (κ2) is 8.22. The number of amides is 1. The van der Waals surface area contributed by atoms with Gasteiger partial charge in [-0.3, -0.25) is 9.63 Å². The van der Waals surface area contributed by atoms with Crippen LogP contribution >= 0.6 is 27.5 Å². The van der Waals surface area contributed by atoms with E-state index in [1.807, 2.05) is 5.48 Å². The van der Waals surface area contributed by atoms with Crippen molar-refractivity contribution in [3.8, 4) is 0 Å². The summed E-state index contributed by atoms with van der Waals surface area (Å²) in [6.45, 7) is -3.45. The molecule has 1 amide bonds. The first-order chi connectivity index (χ1) is 13.6. The second-order valence-corrected chi connectivity index (χ2v) is 6.79. The van der Waals surface area contributed by atoms with Crippen LogP contribution in [-0.4, -0.2) is 33.7 Å². The van der Waals surface area contributed by atoms with Gasteiger partial charge in [0.25, 0.3) is 5.91 Å². The zero-order chi connectivity index (χ0) is 21.3. The lowest BCUT2D eigenvalue weighted by molar-refractivity contribution is 0.0169. The predicted octanol–water partition coefficient (Wildman–Crippen LogP) is 3.53. The number of imidazole rings is 1. The Morgan fingerprint density at radius 2 is 2.30 bits per heavy atom. The summed E-state index contributed by atoms with van der Waals surface area (Å²) in [5.41, 5.74) is 2.44. The third-order valence-electron chi connectivity index (χ3n) is 3.70. The quantitative estimate of drug-likeness (QED) is 0.491. The van der Waals surface area contributed by atoms with E-state index in [1.165, 1.54) is 12.4 Å². The SMILES string of the molecule is [2H]C([2H])(O)CONC(=O)c1cc2c(ncn2C)c(F)c1Nc1ccc(Br)cc1Cl. The number of benzene rings is 2. The minimum Gasteiger partial charge on any atom is -0.394 e. The van der Waals surface area contributed by atoms with E-state index in [0.717, 1.165) is 4.47 Å². The number of rotatable bonds is 6. The fraction of sp³-hybridized carbons (Fsp3) is 0.176. The molecule has 0 bridgehead atoms. The molecular formula is C17H15BrClFN4O3. The van der Waals surface area contributed by atoms with Gasteiger partial charge in [0, 0.05) is 11.5 Å². The Balaban J connectivity index is 2.03. The summed E-state index contributed by atoms with van der Waals surface area (Å²) in [7, 11) is 1.64. The maximum absolute atomic E-state index is 15.2. The lowest BCUT2D eigenvalue weighted by Gasteiger charge is -2.15. The van der Waals surface area contributed by atoms with Gasteiger partial charge in [0.2, 0.25) is 0 Å². The van der Waals surface area contributed by atoms with Crippen LogP contribution < -0.4 is 10.8 Å². The minimum atomic E-state index is -2.64. The molecular weight excluding hydrogens is 443 g/mol. The molecule has 0 spiro atoms. The van der Waals surface area contributed by atoms with E-state index in [0.29, 0.717) is 11.2 Å². The first kappa shape index (κ1) is 16.9. The van der Waals surface area contributed by atoms with E-state index < -0.39 is 24.9 Å². The number of aryl methyl sites for hydroxylation is 1. The molecule has 0 aliphatic carbocycles. The smallest absolute Gasteiger partial charge is 0.277 e. The van der Waals surface area contributed by atoms with E-state index in [1.54, 1.807) is 29.8 Å². The molecule has 1 aromatic heterocycles. The van der Waals surface area contributed by atoms with Crippen molar-refractivity contribution >= 4 is 55.8 Å². The lowest BCUT2D eigenvalue weighted by Crippen LogP contribution is -2.26. The monoisotopic (exact) mass is 458 g/mol. The van der Waals surface area contributed by atoms with Crippen LogP contribution in [0.25, 0.3) is 11.0 Å². The maximum atomic E-state index is 15.2. The van der Waals surface area contributed by atoms with Gasteiger partial charge in [-0.2, -0.15) is 0 Å². The highest BCUT2D eigenvalue weighted by Gasteiger charge is 2.22. The van der Waals surface area contributed by atoms with Crippen LogP contribution in [0.4, 0.5) is 15.8 Å². The van der Waals surface area contributed by atoms with Gasteiger partial charge in [-0.05, 0) is 24.3 Å². The van der Waals surface area contributed by atoms with E-state index in [9.17, 15) is 4.79 Å². The number of fused-ring (bicyclic) bond motifs is 1. The summed E-state index contributed by atoms with van der Waals surface area (Å²) in [6, 6.07) is 6.31. The summed E-state index contributed by atoms with van der Waals surface area (Å²) in [4.78, 5) is 21.3. The van der Waals surface area contributed by atoms with Crippen molar-refractivity contribution in [2.75, 3.05) is 18.5 Å². The molecule has 0 aliphatic heterocycles. The fourth-order valence-corrected chi connectivity index (χ4v) is 3.16. The normalized spacial score (nSPS) is 12.6. The number of hydrogen-bond acceptors (Lipinski definition) is 5. The molecule has 0 saturated carbocycles. The Morgan fingerprint density at radius 3 is 3.00 bits per heavy atom. The van der Waals surface area contributed by atoms with Gasteiger partial charge < -0.3 is 15.0 Å². The van der Waals surface area contributed by atoms with Crippen molar-refractivity contribution in [3.63, 3.8) is 0 Å². The van der Waals surface area contributed by atoms with Gasteiger partial charge in [-0.25, -0.2) is 14.9 Å². The molecule has 0 saturated heterocycles. The lowest BCUT2D eigenvalue weighted by atomic mass is 10.1. The van der Waals surface area contributed by atoms with Gasteiger partial charge in [0.15, 0.2) is 5.82 Å². The van der Waals surface area contributed by atoms with Gasteiger partial charge in [-0.1, -0.05) is 27.5 Å². The van der Waals surface area contributed by atoms with Crippen LogP contribution in [-0.2, 0) is 11.9 Å². The Kier molecular flexibility index (Phi) is 5.16. The van der Waals surface area contributed by atoms with Crippen molar-refractivity contribution in [2.24, 2.45) is 7.05 Å². The Bertz CT molecular complexity index is 1090. The number of nitrogens with one attached hydrogen (secondary N) is 2. The van der Waals surface area contributed by atoms with E-state index in [2.05, 4.69) is 26.2 Å². The summed E-state index contributed by atoms with van der Waals surface area (Å²) in [5, 5.41) is 12.1. The van der Waals surface area contributed by atoms with Crippen LogP contribution in [0.15, 0.2) is 35.1 Å². The first-order valence-corrected chi connectivity index (χ1v) is 8.74. The van der Waals surface area contributed by atoms with Gasteiger partial charge in [0.05, 0.1) is 49.7 Å². The topological polar surface area (TPSA) is 88.4 Å². The van der Waals surface area contributed by atoms with Crippen molar-refractivity contribution in [1.82, 2.24) is 15.0 Å². The molecule has 0 unspecified atom stereocenters. The third-order valence-corrected chi connectivity index (χ3v) is 4.50. The number of nitrogens with zero attached hydrogens (tertiary/aromatic N) is 2. The summed E-state index contributed by atoms with van der Waals surface area (Å²) in [6.07, 6.45) is 1.41. The number of halogens is 3. The number of carbonyl (C=O) groups excluding carboxylic acids is 1. The molecule has 1 heterocycles.